The predicted octanol–water partition coefficient (Wildman–Crippen LogP) is 2.54. The number of aryl methyl sites for hydroxylation is 2. The molecular formula is C10H11N3O6. The summed E-state index contributed by atoms with van der Waals surface area (Å²) in [6, 6.07) is 1.29. The lowest BCUT2D eigenvalue weighted by Crippen LogP contribution is -2.07. The van der Waals surface area contributed by atoms with E-state index in [0.717, 1.165) is 0 Å². The summed E-state index contributed by atoms with van der Waals surface area (Å²) in [5.74, 6) is 0. The van der Waals surface area contributed by atoms with Crippen molar-refractivity contribution in [2.24, 2.45) is 0 Å². The van der Waals surface area contributed by atoms with Crippen LogP contribution in [0.3, 0.4) is 0 Å². The Morgan fingerprint density at radius 3 is 1.32 bits per heavy atom. The van der Waals surface area contributed by atoms with Gasteiger partial charge in [0.15, 0.2) is 0 Å². The Bertz CT molecular complexity index is 529. The molecule has 0 aromatic heterocycles. The lowest BCUT2D eigenvalue weighted by atomic mass is 10.0. The topological polar surface area (TPSA) is 129 Å². The number of hydrogen-bond acceptors (Lipinski definition) is 6. The number of nitro benzene ring substituents is 3. The van der Waals surface area contributed by atoms with E-state index in [1.807, 2.05) is 0 Å². The van der Waals surface area contributed by atoms with Gasteiger partial charge < -0.3 is 0 Å². The van der Waals surface area contributed by atoms with Crippen molar-refractivity contribution in [3.8, 4) is 0 Å². The van der Waals surface area contributed by atoms with Crippen molar-refractivity contribution < 1.29 is 14.8 Å². The summed E-state index contributed by atoms with van der Waals surface area (Å²) in [5, 5.41) is 32.9. The molecule has 1 aromatic carbocycles. The zero-order valence-corrected chi connectivity index (χ0v) is 10.3. The van der Waals surface area contributed by atoms with Crippen LogP contribution in [-0.4, -0.2) is 14.8 Å². The van der Waals surface area contributed by atoms with Crippen LogP contribution in [0.25, 0.3) is 0 Å². The Kier molecular flexibility index (Phi) is 4.10. The van der Waals surface area contributed by atoms with Crippen molar-refractivity contribution in [2.75, 3.05) is 0 Å². The average Bonchev–Trinajstić information content (AvgIpc) is 2.35. The third kappa shape index (κ3) is 2.49. The SMILES string of the molecule is CCc1cc(CC)c([N+](=O)[O-])c([N+](=O)[O-])c1[N+](=O)[O-]. The monoisotopic (exact) mass is 269 g/mol. The van der Waals surface area contributed by atoms with Crippen LogP contribution in [0.5, 0.6) is 0 Å². The summed E-state index contributed by atoms with van der Waals surface area (Å²) in [7, 11) is 0. The van der Waals surface area contributed by atoms with Crippen molar-refractivity contribution in [2.45, 2.75) is 26.7 Å². The summed E-state index contributed by atoms with van der Waals surface area (Å²) in [4.78, 5) is 30.0. The van der Waals surface area contributed by atoms with Gasteiger partial charge in [0.2, 0.25) is 0 Å². The highest BCUT2D eigenvalue weighted by atomic mass is 16.6. The molecular weight excluding hydrogens is 258 g/mol. The largest absolute Gasteiger partial charge is 0.422 e. The van der Waals surface area contributed by atoms with E-state index in [1.54, 1.807) is 13.8 Å². The molecule has 102 valence electrons. The summed E-state index contributed by atoms with van der Waals surface area (Å²) >= 11 is 0. The highest BCUT2D eigenvalue weighted by Crippen LogP contribution is 2.42. The molecule has 0 aliphatic carbocycles. The van der Waals surface area contributed by atoms with Gasteiger partial charge in [-0.3, -0.25) is 30.3 Å². The van der Waals surface area contributed by atoms with Gasteiger partial charge in [-0.2, -0.15) is 0 Å². The second kappa shape index (κ2) is 5.38. The Labute approximate surface area is 107 Å². The molecule has 0 radical (unpaired) electrons. The van der Waals surface area contributed by atoms with E-state index in [9.17, 15) is 30.3 Å². The van der Waals surface area contributed by atoms with Crippen LogP contribution in [0, 0.1) is 30.3 Å². The first kappa shape index (κ1) is 14.5. The number of benzene rings is 1. The molecule has 0 saturated heterocycles. The van der Waals surface area contributed by atoms with E-state index in [0.29, 0.717) is 0 Å². The Morgan fingerprint density at radius 2 is 1.11 bits per heavy atom. The molecule has 0 fully saturated rings. The van der Waals surface area contributed by atoms with E-state index in [1.165, 1.54) is 6.07 Å². The summed E-state index contributed by atoms with van der Waals surface area (Å²) < 4.78 is 0. The quantitative estimate of drug-likeness (QED) is 0.596. The van der Waals surface area contributed by atoms with Gasteiger partial charge in [-0.05, 0) is 18.9 Å². The Hall–Kier alpha value is -2.58. The van der Waals surface area contributed by atoms with Crippen LogP contribution in [0.1, 0.15) is 25.0 Å². The zero-order valence-electron chi connectivity index (χ0n) is 10.3. The maximum atomic E-state index is 11.0. The molecule has 1 rings (SSSR count). The van der Waals surface area contributed by atoms with Crippen LogP contribution in [0.15, 0.2) is 6.07 Å². The molecule has 0 N–H and O–H groups in total. The van der Waals surface area contributed by atoms with Gasteiger partial charge in [0.1, 0.15) is 0 Å². The maximum Gasteiger partial charge on any atom is 0.422 e. The zero-order chi connectivity index (χ0) is 14.7. The lowest BCUT2D eigenvalue weighted by molar-refractivity contribution is -0.441. The molecule has 9 heteroatoms. The third-order valence-electron chi connectivity index (χ3n) is 2.71. The van der Waals surface area contributed by atoms with E-state index in [2.05, 4.69) is 0 Å². The predicted molar refractivity (Wildman–Crippen MR) is 65.2 cm³/mol. The number of hydrogen-bond donors (Lipinski definition) is 0. The van der Waals surface area contributed by atoms with Crippen molar-refractivity contribution in [3.63, 3.8) is 0 Å². The first-order chi connectivity index (χ1) is 8.84. The normalized spacial score (nSPS) is 10.2. The molecule has 0 aliphatic heterocycles. The molecule has 0 spiro atoms. The molecule has 0 amide bonds. The number of rotatable bonds is 5. The second-order valence-corrected chi connectivity index (χ2v) is 3.72. The summed E-state index contributed by atoms with van der Waals surface area (Å²) in [6.07, 6.45) is 0.365. The fourth-order valence-corrected chi connectivity index (χ4v) is 1.88. The van der Waals surface area contributed by atoms with Crippen molar-refractivity contribution in [3.05, 3.63) is 47.5 Å². The van der Waals surface area contributed by atoms with Gasteiger partial charge in [-0.25, -0.2) is 0 Å². The van der Waals surface area contributed by atoms with Crippen molar-refractivity contribution in [1.29, 1.82) is 0 Å². The Balaban J connectivity index is 3.90. The Morgan fingerprint density at radius 1 is 0.789 bits per heavy atom. The molecule has 0 bridgehead atoms. The average molecular weight is 269 g/mol. The summed E-state index contributed by atoms with van der Waals surface area (Å²) in [6.45, 7) is 3.19. The summed E-state index contributed by atoms with van der Waals surface area (Å²) in [5.41, 5.74) is -2.38. The highest BCUT2D eigenvalue weighted by Gasteiger charge is 2.40. The lowest BCUT2D eigenvalue weighted by Gasteiger charge is -2.05. The second-order valence-electron chi connectivity index (χ2n) is 3.72. The first-order valence-corrected chi connectivity index (χ1v) is 5.46. The molecule has 1 aromatic rings. The van der Waals surface area contributed by atoms with Crippen molar-refractivity contribution in [1.82, 2.24) is 0 Å². The molecule has 9 nitrogen and oxygen atoms in total. The van der Waals surface area contributed by atoms with E-state index in [-0.39, 0.29) is 24.0 Å². The molecule has 0 atom stereocenters. The van der Waals surface area contributed by atoms with E-state index < -0.39 is 31.8 Å². The molecule has 0 heterocycles. The minimum Gasteiger partial charge on any atom is -0.258 e. The number of nitro groups is 3. The minimum atomic E-state index is -1.06. The molecule has 19 heavy (non-hydrogen) atoms. The van der Waals surface area contributed by atoms with Crippen molar-refractivity contribution >= 4 is 17.1 Å². The molecule has 0 aliphatic rings. The smallest absolute Gasteiger partial charge is 0.258 e. The van der Waals surface area contributed by atoms with Gasteiger partial charge >= 0.3 is 17.1 Å². The number of nitrogens with zero attached hydrogens (tertiary/aromatic N) is 3. The van der Waals surface area contributed by atoms with Crippen LogP contribution in [0.4, 0.5) is 17.1 Å². The first-order valence-electron chi connectivity index (χ1n) is 5.46. The molecule has 0 unspecified atom stereocenters. The van der Waals surface area contributed by atoms with Gasteiger partial charge in [-0.15, -0.1) is 0 Å². The van der Waals surface area contributed by atoms with Crippen LogP contribution in [-0.2, 0) is 12.8 Å². The maximum absolute atomic E-state index is 11.0. The fourth-order valence-electron chi connectivity index (χ4n) is 1.88. The van der Waals surface area contributed by atoms with E-state index in [4.69, 9.17) is 0 Å². The highest BCUT2D eigenvalue weighted by molar-refractivity contribution is 5.72. The third-order valence-corrected chi connectivity index (χ3v) is 2.71. The van der Waals surface area contributed by atoms with Crippen LogP contribution < -0.4 is 0 Å². The fraction of sp³-hybridized carbons (Fsp3) is 0.400. The minimum absolute atomic E-state index is 0.124. The molecule has 0 saturated carbocycles. The van der Waals surface area contributed by atoms with Gasteiger partial charge in [-0.1, -0.05) is 13.8 Å². The van der Waals surface area contributed by atoms with Gasteiger partial charge in [0, 0.05) is 11.1 Å². The van der Waals surface area contributed by atoms with Gasteiger partial charge in [0.25, 0.3) is 0 Å². The van der Waals surface area contributed by atoms with Gasteiger partial charge in [0.05, 0.1) is 14.8 Å². The van der Waals surface area contributed by atoms with Crippen LogP contribution >= 0.6 is 0 Å². The van der Waals surface area contributed by atoms with E-state index >= 15 is 0 Å². The van der Waals surface area contributed by atoms with Crippen LogP contribution in [0.2, 0.25) is 0 Å². The standard InChI is InChI=1S/C10H11N3O6/c1-3-6-5-7(4-2)9(12(16)17)10(13(18)19)8(6)11(14)15/h5H,3-4H2,1-2H3.